The van der Waals surface area contributed by atoms with Crippen molar-refractivity contribution in [1.29, 1.82) is 5.26 Å². The number of carbonyl (C=O) groups is 1. The highest BCUT2D eigenvalue weighted by molar-refractivity contribution is 5.94. The Balaban J connectivity index is 0.000000204. The molecule has 2 aromatic carbocycles. The molecule has 2 aliphatic rings. The van der Waals surface area contributed by atoms with Crippen molar-refractivity contribution in [2.24, 2.45) is 11.8 Å². The van der Waals surface area contributed by atoms with Gasteiger partial charge < -0.3 is 19.9 Å². The van der Waals surface area contributed by atoms with E-state index in [1.165, 1.54) is 34.9 Å². The minimum absolute atomic E-state index is 0.0312. The Morgan fingerprint density at radius 3 is 2.55 bits per heavy atom. The Labute approximate surface area is 226 Å². The molecule has 38 heavy (non-hydrogen) atoms. The number of nitriles is 1. The average molecular weight is 516 g/mol. The van der Waals surface area contributed by atoms with Crippen molar-refractivity contribution in [2.75, 3.05) is 40.3 Å². The number of likely N-dealkylation sites (N-methyl/N-ethyl adjacent to an activating group) is 1. The number of hydrogen-bond donors (Lipinski definition) is 2. The van der Waals surface area contributed by atoms with Crippen LogP contribution >= 0.6 is 0 Å². The number of hydrogen-bond acceptors (Lipinski definition) is 5. The van der Waals surface area contributed by atoms with Crippen molar-refractivity contribution in [3.05, 3.63) is 65.4 Å². The predicted molar refractivity (Wildman–Crippen MR) is 152 cm³/mol. The van der Waals surface area contributed by atoms with Gasteiger partial charge in [0, 0.05) is 53.8 Å². The van der Waals surface area contributed by atoms with Gasteiger partial charge in [0.05, 0.1) is 19.2 Å². The second kappa shape index (κ2) is 12.9. The summed E-state index contributed by atoms with van der Waals surface area (Å²) in [6.45, 7) is 9.20. The van der Waals surface area contributed by atoms with Crippen molar-refractivity contribution in [3.63, 3.8) is 0 Å². The number of aryl methyl sites for hydroxylation is 1. The molecule has 0 spiro atoms. The molecule has 1 atom stereocenters. The van der Waals surface area contributed by atoms with E-state index < -0.39 is 0 Å². The summed E-state index contributed by atoms with van der Waals surface area (Å²) in [6, 6.07) is 16.3. The van der Waals surface area contributed by atoms with Gasteiger partial charge in [0.15, 0.2) is 0 Å². The number of methoxy groups -OCH3 is 1. The molecule has 0 saturated carbocycles. The van der Waals surface area contributed by atoms with Crippen molar-refractivity contribution >= 4 is 16.8 Å². The fourth-order valence-electron chi connectivity index (χ4n) is 5.59. The number of nitrogens with one attached hydrogen (secondary N) is 2. The van der Waals surface area contributed by atoms with Gasteiger partial charge in [-0.15, -0.1) is 0 Å². The molecule has 1 amide bonds. The molecule has 2 saturated heterocycles. The summed E-state index contributed by atoms with van der Waals surface area (Å²) in [4.78, 5) is 19.7. The normalized spacial score (nSPS) is 17.7. The Hall–Kier alpha value is -3.34. The van der Waals surface area contributed by atoms with Crippen LogP contribution in [0.1, 0.15) is 47.7 Å². The van der Waals surface area contributed by atoms with Crippen LogP contribution in [0.5, 0.6) is 5.75 Å². The minimum atomic E-state index is 0.0312. The number of amides is 1. The van der Waals surface area contributed by atoms with Gasteiger partial charge in [-0.25, -0.2) is 0 Å². The molecule has 5 rings (SSSR count). The third-order valence-electron chi connectivity index (χ3n) is 7.76. The maximum Gasteiger partial charge on any atom is 0.251 e. The summed E-state index contributed by atoms with van der Waals surface area (Å²) >= 11 is 0. The SMILES string of the molecule is CN1CC(NC(=O)c2ccccc2)C1.COc1cc(C)c2[nH]ccc2c1CN1CCC(CC(C)C#N)CC1. The van der Waals surface area contributed by atoms with Crippen molar-refractivity contribution in [3.8, 4) is 11.8 Å². The van der Waals surface area contributed by atoms with Gasteiger partial charge in [-0.1, -0.05) is 18.2 Å². The fraction of sp³-hybridized carbons (Fsp3) is 0.484. The maximum absolute atomic E-state index is 11.6. The van der Waals surface area contributed by atoms with Crippen molar-refractivity contribution in [2.45, 2.75) is 45.7 Å². The summed E-state index contributed by atoms with van der Waals surface area (Å²) in [7, 11) is 3.80. The first-order chi connectivity index (χ1) is 18.4. The zero-order valence-electron chi connectivity index (χ0n) is 23.2. The molecule has 0 aliphatic carbocycles. The standard InChI is InChI=1S/C20H27N3O.C11H14N2O/c1-14(12-21)10-16-5-8-23(9-6-16)13-18-17-4-7-22-20(17)15(2)11-19(18)24-3;1-13-7-10(8-13)12-11(14)9-5-3-2-4-6-9/h4,7,11,14,16,22H,5-6,8-10,13H2,1-3H3;2-6,10H,7-8H2,1H3,(H,12,14). The Morgan fingerprint density at radius 1 is 1.21 bits per heavy atom. The molecule has 2 aliphatic heterocycles. The van der Waals surface area contributed by atoms with Gasteiger partial charge in [-0.3, -0.25) is 9.69 Å². The lowest BCUT2D eigenvalue weighted by Gasteiger charge is -2.36. The average Bonchev–Trinajstić information content (AvgIpc) is 3.42. The van der Waals surface area contributed by atoms with Crippen molar-refractivity contribution < 1.29 is 9.53 Å². The number of aromatic amines is 1. The van der Waals surface area contributed by atoms with Crippen LogP contribution in [-0.4, -0.2) is 67.1 Å². The Kier molecular flexibility index (Phi) is 9.43. The summed E-state index contributed by atoms with van der Waals surface area (Å²) in [6.07, 6.45) is 5.43. The van der Waals surface area contributed by atoms with Crippen LogP contribution in [0.2, 0.25) is 0 Å². The molecule has 0 radical (unpaired) electrons. The van der Waals surface area contributed by atoms with E-state index in [2.05, 4.69) is 45.2 Å². The zero-order chi connectivity index (χ0) is 27.1. The molecular weight excluding hydrogens is 474 g/mol. The number of nitrogens with zero attached hydrogens (tertiary/aromatic N) is 3. The van der Waals surface area contributed by atoms with Crippen LogP contribution in [0.15, 0.2) is 48.7 Å². The number of ether oxygens (including phenoxy) is 1. The highest BCUT2D eigenvalue weighted by Gasteiger charge is 2.25. The lowest BCUT2D eigenvalue weighted by atomic mass is 9.88. The molecule has 3 aromatic rings. The number of piperidine rings is 1. The lowest BCUT2D eigenvalue weighted by molar-refractivity contribution is 0.0857. The monoisotopic (exact) mass is 515 g/mol. The minimum Gasteiger partial charge on any atom is -0.496 e. The Morgan fingerprint density at radius 2 is 1.92 bits per heavy atom. The second-order valence-corrected chi connectivity index (χ2v) is 10.9. The zero-order valence-corrected chi connectivity index (χ0v) is 23.2. The summed E-state index contributed by atoms with van der Waals surface area (Å²) < 4.78 is 5.66. The first-order valence-corrected chi connectivity index (χ1v) is 13.7. The van der Waals surface area contributed by atoms with E-state index in [-0.39, 0.29) is 11.8 Å². The van der Waals surface area contributed by atoms with Gasteiger partial charge in [0.1, 0.15) is 5.75 Å². The van der Waals surface area contributed by atoms with Gasteiger partial charge in [-0.2, -0.15) is 5.26 Å². The highest BCUT2D eigenvalue weighted by atomic mass is 16.5. The van der Waals surface area contributed by atoms with E-state index in [0.717, 1.165) is 50.5 Å². The molecule has 2 N–H and O–H groups in total. The first-order valence-electron chi connectivity index (χ1n) is 13.7. The largest absolute Gasteiger partial charge is 0.496 e. The first kappa shape index (κ1) is 27.7. The van der Waals surface area contributed by atoms with Crippen LogP contribution in [0, 0.1) is 30.1 Å². The number of likely N-dealkylation sites (tertiary alicyclic amines) is 2. The maximum atomic E-state index is 11.6. The van der Waals surface area contributed by atoms with E-state index in [0.29, 0.717) is 12.0 Å². The van der Waals surface area contributed by atoms with E-state index in [1.807, 2.05) is 50.5 Å². The van der Waals surface area contributed by atoms with Gasteiger partial charge in [0.25, 0.3) is 5.91 Å². The number of rotatable bonds is 7. The van der Waals surface area contributed by atoms with Crippen LogP contribution in [0.3, 0.4) is 0 Å². The molecule has 2 fully saturated rings. The van der Waals surface area contributed by atoms with Gasteiger partial charge in [-0.05, 0) is 89.0 Å². The molecule has 1 unspecified atom stereocenters. The molecule has 202 valence electrons. The molecule has 1 aromatic heterocycles. The van der Waals surface area contributed by atoms with E-state index >= 15 is 0 Å². The number of aromatic nitrogens is 1. The summed E-state index contributed by atoms with van der Waals surface area (Å²) in [5, 5.41) is 13.2. The molecule has 7 heteroatoms. The topological polar surface area (TPSA) is 84.4 Å². The number of fused-ring (bicyclic) bond motifs is 1. The Bertz CT molecular complexity index is 1230. The van der Waals surface area contributed by atoms with Crippen LogP contribution in [0.25, 0.3) is 10.9 Å². The van der Waals surface area contributed by atoms with Crippen LogP contribution in [0.4, 0.5) is 0 Å². The number of H-pyrrole nitrogens is 1. The molecule has 0 bridgehead atoms. The number of carbonyl (C=O) groups excluding carboxylic acids is 1. The smallest absolute Gasteiger partial charge is 0.251 e. The summed E-state index contributed by atoms with van der Waals surface area (Å²) in [5.74, 6) is 1.89. The molecule has 3 heterocycles. The van der Waals surface area contributed by atoms with E-state index in [1.54, 1.807) is 7.11 Å². The van der Waals surface area contributed by atoms with E-state index in [4.69, 9.17) is 10.00 Å². The fourth-order valence-corrected chi connectivity index (χ4v) is 5.59. The third kappa shape index (κ3) is 6.94. The number of benzene rings is 2. The third-order valence-corrected chi connectivity index (χ3v) is 7.76. The van der Waals surface area contributed by atoms with E-state index in [9.17, 15) is 4.79 Å². The van der Waals surface area contributed by atoms with Crippen LogP contribution < -0.4 is 10.1 Å². The quantitative estimate of drug-likeness (QED) is 0.464. The second-order valence-electron chi connectivity index (χ2n) is 10.9. The predicted octanol–water partition coefficient (Wildman–Crippen LogP) is 4.98. The lowest BCUT2D eigenvalue weighted by Crippen LogP contribution is -2.57. The molecule has 7 nitrogen and oxygen atoms in total. The highest BCUT2D eigenvalue weighted by Crippen LogP contribution is 2.33. The van der Waals surface area contributed by atoms with Gasteiger partial charge >= 0.3 is 0 Å². The molecular formula is C31H41N5O2. The van der Waals surface area contributed by atoms with Gasteiger partial charge in [0.2, 0.25) is 0 Å². The summed E-state index contributed by atoms with van der Waals surface area (Å²) in [5.41, 5.74) is 4.45. The van der Waals surface area contributed by atoms with Crippen molar-refractivity contribution in [1.82, 2.24) is 20.1 Å². The van der Waals surface area contributed by atoms with Crippen LogP contribution in [-0.2, 0) is 6.54 Å².